The first-order valence-corrected chi connectivity index (χ1v) is 6.97. The zero-order chi connectivity index (χ0) is 12.3. The Morgan fingerprint density at radius 1 is 1.35 bits per heavy atom. The van der Waals surface area contributed by atoms with E-state index in [0.29, 0.717) is 11.0 Å². The molecular formula is C12H17Cl2N3. The molecular weight excluding hydrogens is 257 g/mol. The van der Waals surface area contributed by atoms with Crippen molar-refractivity contribution in [2.75, 3.05) is 18.0 Å². The second-order valence-corrected chi connectivity index (χ2v) is 5.06. The van der Waals surface area contributed by atoms with E-state index in [4.69, 9.17) is 23.2 Å². The first-order chi connectivity index (χ1) is 8.26. The second kappa shape index (κ2) is 5.87. The van der Waals surface area contributed by atoms with Crippen molar-refractivity contribution in [2.24, 2.45) is 5.92 Å². The molecule has 1 aliphatic rings. The van der Waals surface area contributed by atoms with Crippen molar-refractivity contribution in [1.29, 1.82) is 0 Å². The van der Waals surface area contributed by atoms with Crippen LogP contribution in [0, 0.1) is 5.92 Å². The van der Waals surface area contributed by atoms with Gasteiger partial charge in [-0.05, 0) is 18.8 Å². The molecule has 2 rings (SSSR count). The number of hydrogen-bond acceptors (Lipinski definition) is 3. The molecule has 0 spiro atoms. The molecule has 3 nitrogen and oxygen atoms in total. The predicted molar refractivity (Wildman–Crippen MR) is 71.8 cm³/mol. The zero-order valence-corrected chi connectivity index (χ0v) is 11.5. The van der Waals surface area contributed by atoms with E-state index in [1.165, 1.54) is 25.6 Å². The summed E-state index contributed by atoms with van der Waals surface area (Å²) in [5.74, 6) is 2.13. The molecule has 0 amide bonds. The number of hydrogen-bond donors (Lipinski definition) is 0. The monoisotopic (exact) mass is 273 g/mol. The van der Waals surface area contributed by atoms with Gasteiger partial charge in [0.15, 0.2) is 0 Å². The van der Waals surface area contributed by atoms with Gasteiger partial charge in [0, 0.05) is 18.7 Å². The van der Waals surface area contributed by atoms with Gasteiger partial charge in [-0.1, -0.05) is 24.9 Å². The minimum atomic E-state index is 0.364. The van der Waals surface area contributed by atoms with Crippen LogP contribution >= 0.6 is 23.2 Å². The maximum absolute atomic E-state index is 6.04. The lowest BCUT2D eigenvalue weighted by Gasteiger charge is -2.33. The molecule has 1 saturated heterocycles. The van der Waals surface area contributed by atoms with Gasteiger partial charge < -0.3 is 4.90 Å². The lowest BCUT2D eigenvalue weighted by molar-refractivity contribution is 0.393. The van der Waals surface area contributed by atoms with E-state index in [-0.39, 0.29) is 0 Å². The van der Waals surface area contributed by atoms with Crippen LogP contribution < -0.4 is 4.90 Å². The maximum Gasteiger partial charge on any atom is 0.138 e. The number of rotatable bonds is 3. The van der Waals surface area contributed by atoms with Crippen molar-refractivity contribution in [3.8, 4) is 0 Å². The summed E-state index contributed by atoms with van der Waals surface area (Å²) in [5, 5.41) is 0.475. The van der Waals surface area contributed by atoms with Gasteiger partial charge in [0.25, 0.3) is 0 Å². The molecule has 1 aromatic heterocycles. The third-order valence-electron chi connectivity index (χ3n) is 3.50. The Balaban J connectivity index is 2.15. The van der Waals surface area contributed by atoms with Crippen LogP contribution in [-0.2, 0) is 5.88 Å². The van der Waals surface area contributed by atoms with E-state index < -0.39 is 0 Å². The van der Waals surface area contributed by atoms with Gasteiger partial charge in [-0.2, -0.15) is 0 Å². The third-order valence-corrected chi connectivity index (χ3v) is 4.09. The van der Waals surface area contributed by atoms with E-state index in [0.717, 1.165) is 30.4 Å². The Hall–Kier alpha value is -0.540. The van der Waals surface area contributed by atoms with Crippen molar-refractivity contribution in [3.63, 3.8) is 0 Å². The fourth-order valence-electron chi connectivity index (χ4n) is 2.32. The SMILES string of the molecule is CCC1CCN(c2ncnc(Cl)c2CCl)CC1. The van der Waals surface area contributed by atoms with Gasteiger partial charge in [0.05, 0.1) is 5.88 Å². The molecule has 0 aliphatic carbocycles. The molecule has 2 heterocycles. The van der Waals surface area contributed by atoms with E-state index in [2.05, 4.69) is 21.8 Å². The average Bonchev–Trinajstić information content (AvgIpc) is 2.38. The molecule has 0 atom stereocenters. The van der Waals surface area contributed by atoms with E-state index in [9.17, 15) is 0 Å². The number of halogens is 2. The van der Waals surface area contributed by atoms with Crippen molar-refractivity contribution in [3.05, 3.63) is 17.0 Å². The van der Waals surface area contributed by atoms with Crippen LogP contribution in [0.15, 0.2) is 6.33 Å². The average molecular weight is 274 g/mol. The molecule has 0 N–H and O–H groups in total. The highest BCUT2D eigenvalue weighted by atomic mass is 35.5. The zero-order valence-electron chi connectivity index (χ0n) is 9.99. The van der Waals surface area contributed by atoms with Gasteiger partial charge >= 0.3 is 0 Å². The Morgan fingerprint density at radius 2 is 2.06 bits per heavy atom. The number of alkyl halides is 1. The van der Waals surface area contributed by atoms with Crippen LogP contribution in [0.3, 0.4) is 0 Å². The Bertz CT molecular complexity index is 376. The lowest BCUT2D eigenvalue weighted by atomic mass is 9.94. The van der Waals surface area contributed by atoms with Gasteiger partial charge in [0.2, 0.25) is 0 Å². The van der Waals surface area contributed by atoms with Gasteiger partial charge in [-0.25, -0.2) is 9.97 Å². The highest BCUT2D eigenvalue weighted by Gasteiger charge is 2.21. The third kappa shape index (κ3) is 2.83. The molecule has 1 aromatic rings. The first-order valence-electron chi connectivity index (χ1n) is 6.06. The largest absolute Gasteiger partial charge is 0.356 e. The minimum Gasteiger partial charge on any atom is -0.356 e. The number of piperidine rings is 1. The van der Waals surface area contributed by atoms with Crippen LogP contribution in [0.2, 0.25) is 5.15 Å². The number of aromatic nitrogens is 2. The first kappa shape index (κ1) is 12.9. The summed E-state index contributed by atoms with van der Waals surface area (Å²) < 4.78 is 0. The van der Waals surface area contributed by atoms with Crippen molar-refractivity contribution >= 4 is 29.0 Å². The summed E-state index contributed by atoms with van der Waals surface area (Å²) in [6.07, 6.45) is 5.22. The second-order valence-electron chi connectivity index (χ2n) is 4.44. The van der Waals surface area contributed by atoms with Crippen LogP contribution in [0.5, 0.6) is 0 Å². The van der Waals surface area contributed by atoms with Crippen molar-refractivity contribution in [2.45, 2.75) is 32.1 Å². The van der Waals surface area contributed by atoms with Crippen LogP contribution in [-0.4, -0.2) is 23.1 Å². The molecule has 17 heavy (non-hydrogen) atoms. The molecule has 0 aromatic carbocycles. The van der Waals surface area contributed by atoms with E-state index in [1.807, 2.05) is 0 Å². The Kier molecular flexibility index (Phi) is 4.46. The smallest absolute Gasteiger partial charge is 0.138 e. The van der Waals surface area contributed by atoms with Crippen LogP contribution in [0.4, 0.5) is 5.82 Å². The summed E-state index contributed by atoms with van der Waals surface area (Å²) in [5.41, 5.74) is 0.853. The standard InChI is InChI=1S/C12H17Cl2N3/c1-2-9-3-5-17(6-4-9)12-10(7-13)11(14)15-8-16-12/h8-9H,2-7H2,1H3. The fraction of sp³-hybridized carbons (Fsp3) is 0.667. The molecule has 1 aliphatic heterocycles. The lowest BCUT2D eigenvalue weighted by Crippen LogP contribution is -2.34. The molecule has 1 fully saturated rings. The van der Waals surface area contributed by atoms with E-state index in [1.54, 1.807) is 0 Å². The summed E-state index contributed by atoms with van der Waals surface area (Å²) >= 11 is 12.0. The van der Waals surface area contributed by atoms with Crippen LogP contribution in [0.25, 0.3) is 0 Å². The van der Waals surface area contributed by atoms with Crippen molar-refractivity contribution < 1.29 is 0 Å². The highest BCUT2D eigenvalue weighted by Crippen LogP contribution is 2.29. The quantitative estimate of drug-likeness (QED) is 0.624. The summed E-state index contributed by atoms with van der Waals surface area (Å²) in [6.45, 7) is 4.33. The molecule has 0 unspecified atom stereocenters. The van der Waals surface area contributed by atoms with Gasteiger partial charge in [-0.15, -0.1) is 11.6 Å². The molecule has 94 valence electrons. The fourth-order valence-corrected chi connectivity index (χ4v) is 2.83. The summed E-state index contributed by atoms with van der Waals surface area (Å²) in [4.78, 5) is 10.6. The van der Waals surface area contributed by atoms with Crippen LogP contribution in [0.1, 0.15) is 31.7 Å². The highest BCUT2D eigenvalue weighted by molar-refractivity contribution is 6.31. The predicted octanol–water partition coefficient (Wildman–Crippen LogP) is 3.50. The number of nitrogens with zero attached hydrogens (tertiary/aromatic N) is 3. The van der Waals surface area contributed by atoms with Crippen molar-refractivity contribution in [1.82, 2.24) is 9.97 Å². The molecule has 0 bridgehead atoms. The minimum absolute atomic E-state index is 0.364. The molecule has 0 radical (unpaired) electrons. The summed E-state index contributed by atoms with van der Waals surface area (Å²) in [7, 11) is 0. The van der Waals surface area contributed by atoms with Gasteiger partial charge in [0.1, 0.15) is 17.3 Å². The normalized spacial score (nSPS) is 17.5. The Morgan fingerprint density at radius 3 is 2.65 bits per heavy atom. The topological polar surface area (TPSA) is 29.0 Å². The molecule has 0 saturated carbocycles. The summed E-state index contributed by atoms with van der Waals surface area (Å²) in [6, 6.07) is 0. The number of anilines is 1. The van der Waals surface area contributed by atoms with E-state index >= 15 is 0 Å². The Labute approximate surface area is 112 Å². The maximum atomic E-state index is 6.04. The molecule has 5 heteroatoms. The van der Waals surface area contributed by atoms with Gasteiger partial charge in [-0.3, -0.25) is 0 Å².